The number of piperidine rings is 1. The largest absolute Gasteiger partial charge is 0.328 e. The van der Waals surface area contributed by atoms with Crippen LogP contribution < -0.4 is 4.90 Å². The number of likely N-dealkylation sites (tertiary alicyclic amines) is 1. The van der Waals surface area contributed by atoms with Gasteiger partial charge in [0.1, 0.15) is 6.54 Å². The van der Waals surface area contributed by atoms with Crippen LogP contribution in [0.15, 0.2) is 34.8 Å². The van der Waals surface area contributed by atoms with Crippen LogP contribution in [0.4, 0.5) is 0 Å². The number of benzene rings is 1. The third kappa shape index (κ3) is 3.65. The molecule has 24 heavy (non-hydrogen) atoms. The quantitative estimate of drug-likeness (QED) is 0.797. The van der Waals surface area contributed by atoms with E-state index in [0.717, 1.165) is 46.1 Å². The van der Waals surface area contributed by atoms with Crippen molar-refractivity contribution in [3.63, 3.8) is 0 Å². The Kier molecular flexibility index (Phi) is 5.26. The minimum Gasteiger partial charge on any atom is -0.328 e. The Labute approximate surface area is 152 Å². The molecule has 128 valence electrons. The maximum atomic E-state index is 12.8. The number of hydrogen-bond donors (Lipinski definition) is 1. The summed E-state index contributed by atoms with van der Waals surface area (Å²) in [6.45, 7) is 9.30. The molecule has 3 rings (SSSR count). The van der Waals surface area contributed by atoms with Crippen LogP contribution in [0.2, 0.25) is 0 Å². The minimum absolute atomic E-state index is 0.274. The lowest BCUT2D eigenvalue weighted by molar-refractivity contribution is -0.897. The Hall–Kier alpha value is -1.39. The van der Waals surface area contributed by atoms with Crippen LogP contribution in [0, 0.1) is 19.8 Å². The fraction of sp³-hybridized carbons (Fsp3) is 0.450. The van der Waals surface area contributed by atoms with E-state index >= 15 is 0 Å². The molecule has 2 aromatic rings. The van der Waals surface area contributed by atoms with Crippen LogP contribution in [-0.2, 0) is 0 Å². The highest BCUT2D eigenvalue weighted by atomic mass is 79.9. The maximum absolute atomic E-state index is 12.8. The number of ketones is 1. The molecule has 0 bridgehead atoms. The predicted molar refractivity (Wildman–Crippen MR) is 101 cm³/mol. The summed E-state index contributed by atoms with van der Waals surface area (Å²) in [6, 6.07) is 10.3. The molecular weight excluding hydrogens is 364 g/mol. The fourth-order valence-corrected chi connectivity index (χ4v) is 3.97. The lowest BCUT2D eigenvalue weighted by Gasteiger charge is -2.26. The molecule has 1 saturated heterocycles. The Bertz CT molecular complexity index is 725. The van der Waals surface area contributed by atoms with E-state index in [1.54, 1.807) is 0 Å². The molecule has 1 aliphatic rings. The van der Waals surface area contributed by atoms with Crippen molar-refractivity contribution in [1.82, 2.24) is 4.57 Å². The van der Waals surface area contributed by atoms with Crippen molar-refractivity contribution in [2.45, 2.75) is 33.6 Å². The molecule has 1 fully saturated rings. The van der Waals surface area contributed by atoms with Crippen molar-refractivity contribution in [1.29, 1.82) is 0 Å². The summed E-state index contributed by atoms with van der Waals surface area (Å²) in [4.78, 5) is 14.3. The van der Waals surface area contributed by atoms with Gasteiger partial charge in [-0.1, -0.05) is 22.9 Å². The van der Waals surface area contributed by atoms with Gasteiger partial charge in [-0.15, -0.1) is 0 Å². The van der Waals surface area contributed by atoms with E-state index in [-0.39, 0.29) is 5.78 Å². The molecule has 1 aromatic carbocycles. The summed E-state index contributed by atoms with van der Waals surface area (Å²) in [5.74, 6) is 1.09. The van der Waals surface area contributed by atoms with Gasteiger partial charge in [-0.3, -0.25) is 4.79 Å². The third-order valence-corrected chi connectivity index (χ3v) is 5.74. The third-order valence-electron chi connectivity index (χ3n) is 5.21. The minimum atomic E-state index is 0.274. The monoisotopic (exact) mass is 389 g/mol. The van der Waals surface area contributed by atoms with Gasteiger partial charge in [-0.2, -0.15) is 0 Å². The van der Waals surface area contributed by atoms with Crippen LogP contribution in [0.5, 0.6) is 0 Å². The number of aromatic nitrogens is 1. The van der Waals surface area contributed by atoms with Gasteiger partial charge in [0.2, 0.25) is 5.78 Å². The zero-order valence-electron chi connectivity index (χ0n) is 14.7. The zero-order valence-corrected chi connectivity index (χ0v) is 16.3. The molecule has 0 unspecified atom stereocenters. The number of nitrogens with one attached hydrogen (secondary N) is 1. The van der Waals surface area contributed by atoms with E-state index in [4.69, 9.17) is 0 Å². The predicted octanol–water partition coefficient (Wildman–Crippen LogP) is 3.35. The van der Waals surface area contributed by atoms with Crippen LogP contribution in [0.25, 0.3) is 5.69 Å². The smallest absolute Gasteiger partial charge is 0.218 e. The maximum Gasteiger partial charge on any atom is 0.218 e. The summed E-state index contributed by atoms with van der Waals surface area (Å²) in [6.07, 6.45) is 2.47. The average Bonchev–Trinajstić information content (AvgIpc) is 2.85. The van der Waals surface area contributed by atoms with Gasteiger partial charge < -0.3 is 9.47 Å². The van der Waals surface area contributed by atoms with Gasteiger partial charge in [0.25, 0.3) is 0 Å². The van der Waals surface area contributed by atoms with Gasteiger partial charge in [-0.05, 0) is 62.9 Å². The molecule has 0 spiro atoms. The molecule has 1 N–H and O–H groups in total. The Morgan fingerprint density at radius 1 is 1.21 bits per heavy atom. The van der Waals surface area contributed by atoms with Gasteiger partial charge in [-0.25, -0.2) is 0 Å². The van der Waals surface area contributed by atoms with E-state index in [0.29, 0.717) is 6.54 Å². The van der Waals surface area contributed by atoms with Crippen LogP contribution >= 0.6 is 15.9 Å². The zero-order chi connectivity index (χ0) is 17.3. The second-order valence-corrected chi connectivity index (χ2v) is 8.04. The first-order valence-corrected chi connectivity index (χ1v) is 9.56. The average molecular weight is 390 g/mol. The van der Waals surface area contributed by atoms with Crippen molar-refractivity contribution in [2.24, 2.45) is 5.92 Å². The molecule has 0 radical (unpaired) electrons. The Morgan fingerprint density at radius 3 is 2.46 bits per heavy atom. The lowest BCUT2D eigenvalue weighted by atomic mass is 9.99. The molecule has 1 aliphatic heterocycles. The number of carbonyl (C=O) groups excluding carboxylic acids is 1. The van der Waals surface area contributed by atoms with Gasteiger partial charge >= 0.3 is 0 Å². The van der Waals surface area contributed by atoms with Crippen molar-refractivity contribution >= 4 is 21.7 Å². The van der Waals surface area contributed by atoms with Crippen molar-refractivity contribution < 1.29 is 9.69 Å². The standard InChI is InChI=1S/C20H25BrN2O/c1-14-8-10-22(11-9-14)13-20(24)19-12-15(2)23(16(19)3)18-6-4-17(21)5-7-18/h4-7,12,14H,8-11,13H2,1-3H3/p+1. The van der Waals surface area contributed by atoms with Crippen molar-refractivity contribution in [2.75, 3.05) is 19.6 Å². The molecule has 0 amide bonds. The molecule has 4 heteroatoms. The van der Waals surface area contributed by atoms with Crippen molar-refractivity contribution in [3.05, 3.63) is 51.8 Å². The van der Waals surface area contributed by atoms with E-state index < -0.39 is 0 Å². The molecular formula is C20H26BrN2O+. The second-order valence-electron chi connectivity index (χ2n) is 7.13. The number of aryl methyl sites for hydroxylation is 1. The Balaban J connectivity index is 1.80. The highest BCUT2D eigenvalue weighted by molar-refractivity contribution is 9.10. The lowest BCUT2D eigenvalue weighted by Crippen LogP contribution is -3.13. The number of hydrogen-bond acceptors (Lipinski definition) is 1. The molecule has 3 nitrogen and oxygen atoms in total. The number of halogens is 1. The Morgan fingerprint density at radius 2 is 1.83 bits per heavy atom. The number of carbonyl (C=O) groups is 1. The second kappa shape index (κ2) is 7.24. The molecule has 0 atom stereocenters. The van der Waals surface area contributed by atoms with E-state index in [1.165, 1.54) is 17.7 Å². The molecule has 0 saturated carbocycles. The normalized spacial score (nSPS) is 21.0. The topological polar surface area (TPSA) is 26.4 Å². The highest BCUT2D eigenvalue weighted by Crippen LogP contribution is 2.22. The first-order chi connectivity index (χ1) is 11.5. The number of quaternary nitrogens is 1. The summed E-state index contributed by atoms with van der Waals surface area (Å²) in [5, 5.41) is 0. The fourth-order valence-electron chi connectivity index (χ4n) is 3.70. The SMILES string of the molecule is Cc1cc(C(=O)C[NH+]2CCC(C)CC2)c(C)n1-c1ccc(Br)cc1. The summed E-state index contributed by atoms with van der Waals surface area (Å²) in [7, 11) is 0. The molecule has 2 heterocycles. The van der Waals surface area contributed by atoms with Gasteiger partial charge in [0.05, 0.1) is 13.1 Å². The number of nitrogens with zero attached hydrogens (tertiary/aromatic N) is 1. The van der Waals surface area contributed by atoms with Crippen LogP contribution in [0.3, 0.4) is 0 Å². The van der Waals surface area contributed by atoms with Gasteiger partial charge in [0.15, 0.2) is 0 Å². The first kappa shape index (κ1) is 17.4. The molecule has 0 aliphatic carbocycles. The summed E-state index contributed by atoms with van der Waals surface area (Å²) >= 11 is 3.48. The van der Waals surface area contributed by atoms with E-state index in [9.17, 15) is 4.79 Å². The number of rotatable bonds is 4. The van der Waals surface area contributed by atoms with Crippen molar-refractivity contribution in [3.8, 4) is 5.69 Å². The van der Waals surface area contributed by atoms with E-state index in [2.05, 4.69) is 53.4 Å². The van der Waals surface area contributed by atoms with E-state index in [1.807, 2.05) is 18.2 Å². The highest BCUT2D eigenvalue weighted by Gasteiger charge is 2.24. The first-order valence-electron chi connectivity index (χ1n) is 8.77. The van der Waals surface area contributed by atoms with Crippen LogP contribution in [-0.4, -0.2) is 30.0 Å². The van der Waals surface area contributed by atoms with Crippen LogP contribution in [0.1, 0.15) is 41.5 Å². The number of Topliss-reactive ketones (excluding diaryl/α,β-unsaturated/α-hetero) is 1. The molecule has 1 aromatic heterocycles. The summed E-state index contributed by atoms with van der Waals surface area (Å²) in [5.41, 5.74) is 4.14. The summed E-state index contributed by atoms with van der Waals surface area (Å²) < 4.78 is 3.24. The van der Waals surface area contributed by atoms with Gasteiger partial charge in [0, 0.05) is 27.1 Å².